The molecule has 2 aliphatic heterocycles. The van der Waals surface area contributed by atoms with Crippen LogP contribution in [0.1, 0.15) is 65.0 Å². The lowest BCUT2D eigenvalue weighted by Gasteiger charge is -2.37. The predicted molar refractivity (Wildman–Crippen MR) is 117 cm³/mol. The lowest BCUT2D eigenvalue weighted by Crippen LogP contribution is -2.50. The van der Waals surface area contributed by atoms with E-state index in [1.165, 1.54) is 26.8 Å². The van der Waals surface area contributed by atoms with Crippen molar-refractivity contribution in [1.82, 2.24) is 4.90 Å². The van der Waals surface area contributed by atoms with Gasteiger partial charge in [0.05, 0.1) is 22.2 Å². The molecule has 7 heteroatoms. The Hall–Kier alpha value is -1.73. The highest BCUT2D eigenvalue weighted by Gasteiger charge is 2.51. The fourth-order valence-corrected chi connectivity index (χ4v) is 2.83. The summed E-state index contributed by atoms with van der Waals surface area (Å²) in [5.41, 5.74) is -1.55. The van der Waals surface area contributed by atoms with Crippen LogP contribution < -0.4 is 10.4 Å². The zero-order valence-electron chi connectivity index (χ0n) is 26.3. The van der Waals surface area contributed by atoms with E-state index < -0.39 is 56.0 Å². The molecular weight excluding hydrogens is 367 g/mol. The molecule has 0 N–H and O–H groups in total. The lowest BCUT2D eigenvalue weighted by molar-refractivity contribution is 0.00578. The van der Waals surface area contributed by atoms with Crippen molar-refractivity contribution in [2.24, 2.45) is 0 Å². The summed E-state index contributed by atoms with van der Waals surface area (Å²) in [6.07, 6.45) is -1.51. The Labute approximate surface area is 186 Å². The van der Waals surface area contributed by atoms with Gasteiger partial charge in [-0.2, -0.15) is 0 Å². The van der Waals surface area contributed by atoms with Crippen molar-refractivity contribution >= 4 is 24.4 Å². The first-order valence-electron chi connectivity index (χ1n) is 13.6. The van der Waals surface area contributed by atoms with Crippen molar-refractivity contribution in [3.8, 4) is 0 Å². The molecular formula is C22H35BN2O4. The molecule has 0 unspecified atom stereocenters. The maximum atomic E-state index is 12.9. The number of aryl methyl sites for hydroxylation is 1. The highest BCUT2D eigenvalue weighted by Crippen LogP contribution is 2.36. The number of piperazine rings is 1. The number of hydrogen-bond donors (Lipinski definition) is 0. The number of rotatable bonds is 2. The topological polar surface area (TPSA) is 51.2 Å². The molecule has 0 bridgehead atoms. The van der Waals surface area contributed by atoms with E-state index >= 15 is 0 Å². The molecule has 1 aromatic rings. The Morgan fingerprint density at radius 2 is 1.66 bits per heavy atom. The highest BCUT2D eigenvalue weighted by atomic mass is 16.7. The zero-order chi connectivity index (χ0) is 28.8. The van der Waals surface area contributed by atoms with E-state index in [1.54, 1.807) is 19.1 Å². The SMILES string of the molecule is [2H]C1([2H])N(C(=O)OC(C)(C)C)C([2H])([2H])C([2H])([2H])N(c2ccc(B3OC(C)(C)C(C)(C)O3)cc2C)C1([2H])[2H]. The van der Waals surface area contributed by atoms with Crippen LogP contribution in [0.5, 0.6) is 0 Å². The average molecular weight is 410 g/mol. The molecule has 1 aromatic carbocycles. The largest absolute Gasteiger partial charge is 0.494 e. The summed E-state index contributed by atoms with van der Waals surface area (Å²) in [5.74, 6) is 0. The van der Waals surface area contributed by atoms with Gasteiger partial charge >= 0.3 is 13.2 Å². The summed E-state index contributed by atoms with van der Waals surface area (Å²) in [4.78, 5) is 13.2. The zero-order valence-corrected chi connectivity index (χ0v) is 18.3. The fourth-order valence-electron chi connectivity index (χ4n) is 2.83. The Morgan fingerprint density at radius 1 is 1.10 bits per heavy atom. The van der Waals surface area contributed by atoms with Crippen molar-refractivity contribution in [2.45, 2.75) is 72.2 Å². The molecule has 160 valence electrons. The van der Waals surface area contributed by atoms with Crippen molar-refractivity contribution in [3.05, 3.63) is 23.8 Å². The van der Waals surface area contributed by atoms with Gasteiger partial charge in [-0.3, -0.25) is 0 Å². The molecule has 6 nitrogen and oxygen atoms in total. The number of hydrogen-bond acceptors (Lipinski definition) is 5. The molecule has 2 aliphatic rings. The Balaban J connectivity index is 2.10. The van der Waals surface area contributed by atoms with Crippen LogP contribution in [0.25, 0.3) is 0 Å². The van der Waals surface area contributed by atoms with Crippen LogP contribution >= 0.6 is 0 Å². The van der Waals surface area contributed by atoms with Crippen molar-refractivity contribution in [3.63, 3.8) is 0 Å². The maximum absolute atomic E-state index is 12.9. The van der Waals surface area contributed by atoms with Crippen LogP contribution in [0.2, 0.25) is 0 Å². The van der Waals surface area contributed by atoms with Gasteiger partial charge in [-0.1, -0.05) is 12.1 Å². The van der Waals surface area contributed by atoms with Crippen LogP contribution in [0, 0.1) is 6.92 Å². The van der Waals surface area contributed by atoms with Crippen molar-refractivity contribution < 1.29 is 29.8 Å². The lowest BCUT2D eigenvalue weighted by atomic mass is 9.78. The second-order valence-electron chi connectivity index (χ2n) is 9.23. The van der Waals surface area contributed by atoms with E-state index in [1.807, 2.05) is 27.7 Å². The van der Waals surface area contributed by atoms with E-state index in [0.717, 1.165) is 0 Å². The maximum Gasteiger partial charge on any atom is 0.494 e. The number of anilines is 1. The van der Waals surface area contributed by atoms with E-state index in [9.17, 15) is 4.79 Å². The summed E-state index contributed by atoms with van der Waals surface area (Å²) in [7, 11) is -0.742. The van der Waals surface area contributed by atoms with Crippen molar-refractivity contribution in [2.75, 3.05) is 30.9 Å². The Bertz CT molecular complexity index is 1050. The van der Waals surface area contributed by atoms with E-state index in [2.05, 4.69) is 0 Å². The molecule has 3 rings (SSSR count). The normalized spacial score (nSPS) is 32.5. The second-order valence-corrected chi connectivity index (χ2v) is 9.23. The number of nitrogens with zero attached hydrogens (tertiary/aromatic N) is 2. The highest BCUT2D eigenvalue weighted by molar-refractivity contribution is 6.62. The molecule has 2 fully saturated rings. The minimum atomic E-state index is -3.33. The van der Waals surface area contributed by atoms with Gasteiger partial charge in [0.2, 0.25) is 0 Å². The molecule has 2 heterocycles. The third kappa shape index (κ3) is 4.72. The Kier molecular flexibility index (Phi) is 3.51. The number of carbonyl (C=O) groups excluding carboxylic acids is 1. The molecule has 2 saturated heterocycles. The number of ether oxygens (including phenoxy) is 1. The first kappa shape index (κ1) is 13.6. The average Bonchev–Trinajstić information content (AvgIpc) is 2.87. The third-order valence-electron chi connectivity index (χ3n) is 5.11. The van der Waals surface area contributed by atoms with Gasteiger partial charge in [0, 0.05) is 31.7 Å². The number of benzene rings is 1. The summed E-state index contributed by atoms with van der Waals surface area (Å²) in [5, 5.41) is 0. The van der Waals surface area contributed by atoms with Gasteiger partial charge in [0.25, 0.3) is 0 Å². The molecule has 0 atom stereocenters. The van der Waals surface area contributed by atoms with Gasteiger partial charge in [-0.25, -0.2) is 4.79 Å². The van der Waals surface area contributed by atoms with Gasteiger partial charge in [-0.15, -0.1) is 0 Å². The summed E-state index contributed by atoms with van der Waals surface area (Å²) in [6.45, 7) is 0.519. The van der Waals surface area contributed by atoms with Crippen LogP contribution in [0.3, 0.4) is 0 Å². The van der Waals surface area contributed by atoms with Gasteiger partial charge < -0.3 is 23.8 Å². The third-order valence-corrected chi connectivity index (χ3v) is 5.11. The van der Waals surface area contributed by atoms with Crippen LogP contribution in [0.15, 0.2) is 18.2 Å². The van der Waals surface area contributed by atoms with Crippen LogP contribution in [-0.4, -0.2) is 60.9 Å². The van der Waals surface area contributed by atoms with Crippen molar-refractivity contribution in [1.29, 1.82) is 0 Å². The number of amides is 1. The smallest absolute Gasteiger partial charge is 0.444 e. The van der Waals surface area contributed by atoms with Gasteiger partial charge in [0.1, 0.15) is 5.60 Å². The van der Waals surface area contributed by atoms with E-state index in [4.69, 9.17) is 25.0 Å². The Morgan fingerprint density at radius 3 is 2.14 bits per heavy atom. The monoisotopic (exact) mass is 410 g/mol. The van der Waals surface area contributed by atoms with Gasteiger partial charge in [0.15, 0.2) is 0 Å². The van der Waals surface area contributed by atoms with Crippen LogP contribution in [0.4, 0.5) is 10.5 Å². The van der Waals surface area contributed by atoms with E-state index in [0.29, 0.717) is 15.9 Å². The first-order valence-corrected chi connectivity index (χ1v) is 9.61. The second kappa shape index (κ2) is 7.51. The fraction of sp³-hybridized carbons (Fsp3) is 0.682. The molecule has 29 heavy (non-hydrogen) atoms. The quantitative estimate of drug-likeness (QED) is 0.700. The van der Waals surface area contributed by atoms with Gasteiger partial charge in [-0.05, 0) is 72.5 Å². The molecule has 0 aromatic heterocycles. The number of carbonyl (C=O) groups is 1. The molecule has 0 radical (unpaired) electrons. The summed E-state index contributed by atoms with van der Waals surface area (Å²) < 4.78 is 85.8. The molecule has 1 amide bonds. The molecule has 0 aliphatic carbocycles. The predicted octanol–water partition coefficient (Wildman–Crippen LogP) is 3.35. The minimum Gasteiger partial charge on any atom is -0.444 e. The summed E-state index contributed by atoms with van der Waals surface area (Å²) >= 11 is 0. The minimum absolute atomic E-state index is 0.0909. The molecule has 0 spiro atoms. The first-order chi connectivity index (χ1) is 16.3. The standard InChI is InChI=1S/C22H35BN2O4/c1-16-15-17(23-28-21(5,6)22(7,8)29-23)9-10-18(16)24-11-13-25(14-12-24)19(26)27-20(2,3)4/h9-10,15H,11-14H2,1-8H3/i11D2,12D2,13D2,14D2. The van der Waals surface area contributed by atoms with Crippen LogP contribution in [-0.2, 0) is 14.0 Å². The molecule has 0 saturated carbocycles. The summed E-state index contributed by atoms with van der Waals surface area (Å²) in [6, 6.07) is 4.53. The van der Waals surface area contributed by atoms with E-state index in [-0.39, 0.29) is 10.6 Å².